The highest BCUT2D eigenvalue weighted by molar-refractivity contribution is 5.96. The third-order valence-electron chi connectivity index (χ3n) is 6.81. The summed E-state index contributed by atoms with van der Waals surface area (Å²) in [7, 11) is 0. The Balaban J connectivity index is 1.58. The van der Waals surface area contributed by atoms with E-state index < -0.39 is 17.5 Å². The number of hydrogen-bond donors (Lipinski definition) is 1. The van der Waals surface area contributed by atoms with Gasteiger partial charge in [-0.1, -0.05) is 28.9 Å². The van der Waals surface area contributed by atoms with Crippen molar-refractivity contribution in [2.24, 2.45) is 5.92 Å². The summed E-state index contributed by atoms with van der Waals surface area (Å²) in [6, 6.07) is 0. The molecule has 164 valence electrons. The molecule has 0 radical (unpaired) electrons. The van der Waals surface area contributed by atoms with Gasteiger partial charge >= 0.3 is 0 Å². The van der Waals surface area contributed by atoms with Crippen LogP contribution < -0.4 is 0 Å². The van der Waals surface area contributed by atoms with Gasteiger partial charge in [-0.2, -0.15) is 0 Å². The van der Waals surface area contributed by atoms with Crippen molar-refractivity contribution in [3.8, 4) is 0 Å². The molecule has 6 atom stereocenters. The van der Waals surface area contributed by atoms with Crippen molar-refractivity contribution in [3.63, 3.8) is 0 Å². The van der Waals surface area contributed by atoms with Crippen LogP contribution >= 0.6 is 0 Å². The number of aliphatic hydroxyl groups excluding tert-OH is 1. The topological polar surface area (TPSA) is 68.3 Å². The monoisotopic (exact) mass is 414 g/mol. The summed E-state index contributed by atoms with van der Waals surface area (Å²) in [5.74, 6) is -1.10. The van der Waals surface area contributed by atoms with Crippen molar-refractivity contribution < 1.29 is 24.1 Å². The number of ketones is 1. The van der Waals surface area contributed by atoms with Crippen LogP contribution in [0.2, 0.25) is 0 Å². The van der Waals surface area contributed by atoms with Crippen LogP contribution in [0, 0.1) is 5.92 Å². The second-order valence-electron chi connectivity index (χ2n) is 9.68. The van der Waals surface area contributed by atoms with Crippen LogP contribution in [-0.2, 0) is 19.0 Å². The molecule has 3 aliphatic heterocycles. The Kier molecular flexibility index (Phi) is 5.69. The number of rotatable bonds is 5. The third kappa shape index (κ3) is 3.77. The molecule has 0 aromatic heterocycles. The molecule has 0 unspecified atom stereocenters. The maximum Gasteiger partial charge on any atom is 0.219 e. The molecule has 4 aliphatic rings. The summed E-state index contributed by atoms with van der Waals surface area (Å²) < 4.78 is 19.1. The average molecular weight is 415 g/mol. The Morgan fingerprint density at radius 1 is 1.20 bits per heavy atom. The number of carbonyl (C=O) groups is 1. The second-order valence-corrected chi connectivity index (χ2v) is 9.68. The molecule has 5 nitrogen and oxygen atoms in total. The number of epoxide rings is 1. The molecular weight excluding hydrogens is 380 g/mol. The Labute approximate surface area is 179 Å². The highest BCUT2D eigenvalue weighted by Gasteiger charge is 2.76. The molecule has 1 N–H and O–H groups in total. The van der Waals surface area contributed by atoms with Crippen molar-refractivity contribution in [2.75, 3.05) is 6.61 Å². The number of ether oxygens (including phenoxy) is 3. The number of aliphatic hydroxyl groups is 1. The maximum atomic E-state index is 12.3. The molecule has 1 aliphatic carbocycles. The van der Waals surface area contributed by atoms with Gasteiger partial charge in [-0.3, -0.25) is 4.79 Å². The quantitative estimate of drug-likeness (QED) is 0.540. The van der Waals surface area contributed by atoms with Crippen LogP contribution in [0.25, 0.3) is 0 Å². The van der Waals surface area contributed by atoms with Gasteiger partial charge in [0, 0.05) is 12.3 Å². The minimum atomic E-state index is -1.02. The first-order valence-electron chi connectivity index (χ1n) is 11.0. The molecular formula is C25H34O5. The first-order valence-corrected chi connectivity index (χ1v) is 11.0. The van der Waals surface area contributed by atoms with E-state index in [2.05, 4.69) is 39.8 Å². The Bertz CT molecular complexity index is 846. The number of Topliss-reactive ketones (excluding diaryl/α,β-unsaturated/α-hetero) is 1. The van der Waals surface area contributed by atoms with E-state index in [1.54, 1.807) is 0 Å². The minimum absolute atomic E-state index is 0.0990. The fourth-order valence-corrected chi connectivity index (χ4v) is 5.21. The summed E-state index contributed by atoms with van der Waals surface area (Å²) in [5, 5.41) is 10.2. The van der Waals surface area contributed by atoms with Crippen molar-refractivity contribution in [2.45, 2.75) is 90.0 Å². The number of hydrogen-bond acceptors (Lipinski definition) is 5. The zero-order chi connectivity index (χ0) is 21.7. The normalized spacial score (nSPS) is 40.3. The van der Waals surface area contributed by atoms with Gasteiger partial charge in [0.2, 0.25) is 5.79 Å². The standard InChI is InChI=1S/C25H34O5/c1-15(2)7-6-8-16(3)9-19-10-17(4)13-25(28-19)23-24(14-26,30-23)20-12-21(27)18(5)11-22(20)29-25/h7,9,11,13,19-20,22-23,26H,6,8,10,12,14H2,1-5H3/t19-,20+,22-,23+,24+,25+/m1/s1. The zero-order valence-electron chi connectivity index (χ0n) is 18.7. The summed E-state index contributed by atoms with van der Waals surface area (Å²) in [5.41, 5.74) is 3.76. The number of carbonyl (C=O) groups excluding carboxylic acids is 1. The Morgan fingerprint density at radius 3 is 2.67 bits per heavy atom. The molecule has 30 heavy (non-hydrogen) atoms. The van der Waals surface area contributed by atoms with Crippen LogP contribution in [0.5, 0.6) is 0 Å². The van der Waals surface area contributed by atoms with Gasteiger partial charge in [0.05, 0.1) is 18.8 Å². The van der Waals surface area contributed by atoms with Gasteiger partial charge in [0.25, 0.3) is 0 Å². The van der Waals surface area contributed by atoms with Crippen LogP contribution in [0.4, 0.5) is 0 Å². The fraction of sp³-hybridized carbons (Fsp3) is 0.640. The van der Waals surface area contributed by atoms with E-state index in [-0.39, 0.29) is 30.5 Å². The molecule has 3 heterocycles. The molecule has 0 bridgehead atoms. The zero-order valence-corrected chi connectivity index (χ0v) is 18.7. The van der Waals surface area contributed by atoms with Crippen LogP contribution in [0.15, 0.2) is 46.6 Å². The summed E-state index contributed by atoms with van der Waals surface area (Å²) in [6.45, 7) is 10.2. The van der Waals surface area contributed by atoms with Crippen molar-refractivity contribution in [1.29, 1.82) is 0 Å². The lowest BCUT2D eigenvalue weighted by molar-refractivity contribution is -0.269. The molecule has 0 saturated carbocycles. The largest absolute Gasteiger partial charge is 0.393 e. The first kappa shape index (κ1) is 21.7. The van der Waals surface area contributed by atoms with E-state index in [0.717, 1.165) is 19.3 Å². The Morgan fingerprint density at radius 2 is 1.97 bits per heavy atom. The van der Waals surface area contributed by atoms with Gasteiger partial charge < -0.3 is 19.3 Å². The lowest BCUT2D eigenvalue weighted by Crippen LogP contribution is -2.59. The summed E-state index contributed by atoms with van der Waals surface area (Å²) in [6.07, 6.45) is 10.7. The van der Waals surface area contributed by atoms with E-state index in [9.17, 15) is 9.90 Å². The highest BCUT2D eigenvalue weighted by atomic mass is 16.8. The van der Waals surface area contributed by atoms with Gasteiger partial charge in [-0.05, 0) is 71.6 Å². The number of fused-ring (bicyclic) bond motifs is 4. The minimum Gasteiger partial charge on any atom is -0.393 e. The molecule has 0 aromatic carbocycles. The SMILES string of the molecule is CC(C)=CCCC(C)=C[C@@H]1CC(C)=C[C@]2(O1)O[C@@H]1C=C(C)C(=O)C[C@@H]1[C@]1(CO)O[C@H]21. The Hall–Kier alpha value is -1.53. The van der Waals surface area contributed by atoms with E-state index in [4.69, 9.17) is 14.2 Å². The summed E-state index contributed by atoms with van der Waals surface area (Å²) >= 11 is 0. The van der Waals surface area contributed by atoms with Gasteiger partial charge in [-0.25, -0.2) is 0 Å². The van der Waals surface area contributed by atoms with Crippen molar-refractivity contribution in [3.05, 3.63) is 46.6 Å². The summed E-state index contributed by atoms with van der Waals surface area (Å²) in [4.78, 5) is 12.3. The molecule has 4 rings (SSSR count). The van der Waals surface area contributed by atoms with E-state index >= 15 is 0 Å². The molecule has 2 saturated heterocycles. The first-order chi connectivity index (χ1) is 14.2. The lowest BCUT2D eigenvalue weighted by atomic mass is 9.73. The molecule has 5 heteroatoms. The predicted octanol–water partition coefficient (Wildman–Crippen LogP) is 4.17. The predicted molar refractivity (Wildman–Crippen MR) is 115 cm³/mol. The highest BCUT2D eigenvalue weighted by Crippen LogP contribution is 2.60. The lowest BCUT2D eigenvalue weighted by Gasteiger charge is -2.46. The average Bonchev–Trinajstić information content (AvgIpc) is 3.41. The van der Waals surface area contributed by atoms with Crippen molar-refractivity contribution in [1.82, 2.24) is 0 Å². The van der Waals surface area contributed by atoms with E-state index in [0.29, 0.717) is 12.0 Å². The van der Waals surface area contributed by atoms with E-state index in [1.165, 1.54) is 16.7 Å². The fourth-order valence-electron chi connectivity index (χ4n) is 5.21. The van der Waals surface area contributed by atoms with E-state index in [1.807, 2.05) is 19.1 Å². The molecule has 0 amide bonds. The van der Waals surface area contributed by atoms with Crippen LogP contribution in [0.3, 0.4) is 0 Å². The molecule has 1 spiro atoms. The smallest absolute Gasteiger partial charge is 0.219 e. The number of allylic oxidation sites excluding steroid dienone is 4. The van der Waals surface area contributed by atoms with Gasteiger partial charge in [0.15, 0.2) is 5.78 Å². The van der Waals surface area contributed by atoms with Crippen molar-refractivity contribution >= 4 is 5.78 Å². The molecule has 0 aromatic rings. The molecule has 2 fully saturated rings. The van der Waals surface area contributed by atoms with Crippen LogP contribution in [0.1, 0.15) is 60.3 Å². The van der Waals surface area contributed by atoms with Gasteiger partial charge in [-0.15, -0.1) is 0 Å². The van der Waals surface area contributed by atoms with Gasteiger partial charge in [0.1, 0.15) is 11.7 Å². The second kappa shape index (κ2) is 7.86. The maximum absolute atomic E-state index is 12.3. The van der Waals surface area contributed by atoms with Crippen LogP contribution in [-0.4, -0.2) is 47.2 Å². The third-order valence-corrected chi connectivity index (χ3v) is 6.81.